The normalized spacial score (nSPS) is 12.1. The first-order valence-electron chi connectivity index (χ1n) is 14.0. The fourth-order valence-corrected chi connectivity index (χ4v) is 11.5. The molecule has 6 heterocycles. The van der Waals surface area contributed by atoms with Gasteiger partial charge in [0, 0.05) is 19.2 Å². The fourth-order valence-electron chi connectivity index (χ4n) is 5.74. The number of rotatable bonds is 4. The van der Waals surface area contributed by atoms with Crippen molar-refractivity contribution in [2.24, 2.45) is 0 Å². The molecule has 0 aliphatic carbocycles. The molecule has 0 unspecified atom stereocenters. The van der Waals surface area contributed by atoms with Crippen molar-refractivity contribution in [3.05, 3.63) is 108 Å². The maximum absolute atomic E-state index is 5.08. The molecule has 0 saturated carbocycles. The molecular weight excluding hydrogens is 653 g/mol. The number of aromatic nitrogens is 2. The summed E-state index contributed by atoms with van der Waals surface area (Å²) < 4.78 is 5.08. The molecule has 6 aromatic heterocycles. The molecular formula is C36H18N2S6. The molecule has 44 heavy (non-hydrogen) atoms. The van der Waals surface area contributed by atoms with E-state index in [-0.39, 0.29) is 0 Å². The average Bonchev–Trinajstić information content (AvgIpc) is 3.89. The maximum Gasteiger partial charge on any atom is 0.134 e. The first-order valence-corrected chi connectivity index (χ1v) is 19.0. The summed E-state index contributed by atoms with van der Waals surface area (Å²) in [5.41, 5.74) is 4.66. The molecule has 0 bridgehead atoms. The molecule has 0 saturated heterocycles. The van der Waals surface area contributed by atoms with Crippen LogP contribution in [0, 0.1) is 0 Å². The van der Waals surface area contributed by atoms with Crippen LogP contribution in [0.3, 0.4) is 0 Å². The summed E-state index contributed by atoms with van der Waals surface area (Å²) in [6, 6.07) is 35.8. The van der Waals surface area contributed by atoms with Gasteiger partial charge in [-0.1, -0.05) is 24.3 Å². The summed E-state index contributed by atoms with van der Waals surface area (Å²) in [4.78, 5) is 15.2. The Balaban J connectivity index is 0.979. The minimum absolute atomic E-state index is 1.06. The van der Waals surface area contributed by atoms with Crippen molar-refractivity contribution >= 4 is 119 Å². The van der Waals surface area contributed by atoms with Gasteiger partial charge in [-0.3, -0.25) is 0 Å². The first-order chi connectivity index (χ1) is 21.7. The SMILES string of the molecule is c1cc2ccc(-c3ccc(-c4nc5cc6cc7sc(-c8ccc(-c9ccc%10ccsc%10c9)s8)nc7cc6cc5s4)s3)cc2s1. The third kappa shape index (κ3) is 4.21. The van der Waals surface area contributed by atoms with Gasteiger partial charge in [-0.05, 0) is 116 Å². The van der Waals surface area contributed by atoms with E-state index in [1.807, 2.05) is 22.7 Å². The molecule has 0 N–H and O–H groups in total. The highest BCUT2D eigenvalue weighted by Gasteiger charge is 2.15. The molecule has 0 atom stereocenters. The van der Waals surface area contributed by atoms with E-state index in [0.29, 0.717) is 0 Å². The molecule has 0 spiro atoms. The zero-order valence-corrected chi connectivity index (χ0v) is 27.6. The Labute approximate surface area is 275 Å². The molecule has 2 nitrogen and oxygen atoms in total. The van der Waals surface area contributed by atoms with E-state index in [9.17, 15) is 0 Å². The highest BCUT2D eigenvalue weighted by Crippen LogP contribution is 2.42. The van der Waals surface area contributed by atoms with Crippen LogP contribution in [0.1, 0.15) is 0 Å². The van der Waals surface area contributed by atoms with Gasteiger partial charge in [-0.15, -0.1) is 68.0 Å². The van der Waals surface area contributed by atoms with Crippen molar-refractivity contribution < 1.29 is 0 Å². The van der Waals surface area contributed by atoms with Crippen LogP contribution >= 0.6 is 68.0 Å². The van der Waals surface area contributed by atoms with Gasteiger partial charge in [0.05, 0.1) is 30.2 Å². The lowest BCUT2D eigenvalue weighted by atomic mass is 10.1. The number of thiophene rings is 4. The second-order valence-corrected chi connectivity index (χ2v) is 16.8. The van der Waals surface area contributed by atoms with Crippen LogP contribution in [0.15, 0.2) is 108 Å². The third-order valence-electron chi connectivity index (χ3n) is 7.97. The van der Waals surface area contributed by atoms with Gasteiger partial charge in [-0.2, -0.15) is 0 Å². The zero-order valence-electron chi connectivity index (χ0n) is 22.7. The quantitative estimate of drug-likeness (QED) is 0.186. The number of nitrogens with zero attached hydrogens (tertiary/aromatic N) is 2. The monoisotopic (exact) mass is 670 g/mol. The molecule has 0 aliphatic heterocycles. The lowest BCUT2D eigenvalue weighted by Gasteiger charge is -1.97. The van der Waals surface area contributed by atoms with Crippen molar-refractivity contribution in [1.29, 1.82) is 0 Å². The van der Waals surface area contributed by atoms with Crippen LogP contribution in [0.25, 0.3) is 92.0 Å². The standard InChI is InChI=1S/C36H18N2S6/c1-3-21(15-31-19(1)9-11-39-31)27-5-7-29(41-27)35-37-25-13-23-18-34-26(14-24(23)17-33(25)43-35)38-36(44-34)30-8-6-28(42-30)22-4-2-20-10-12-40-32(20)16-22/h1-18H. The number of thiazole rings is 2. The highest BCUT2D eigenvalue weighted by molar-refractivity contribution is 7.27. The Hall–Kier alpha value is -3.76. The molecule has 0 aliphatic rings. The predicted molar refractivity (Wildman–Crippen MR) is 199 cm³/mol. The van der Waals surface area contributed by atoms with Gasteiger partial charge in [0.25, 0.3) is 0 Å². The van der Waals surface area contributed by atoms with Crippen molar-refractivity contribution in [1.82, 2.24) is 9.97 Å². The smallest absolute Gasteiger partial charge is 0.134 e. The van der Waals surface area contributed by atoms with Crippen LogP contribution in [0.5, 0.6) is 0 Å². The van der Waals surface area contributed by atoms with Gasteiger partial charge in [0.2, 0.25) is 0 Å². The highest BCUT2D eigenvalue weighted by atomic mass is 32.1. The van der Waals surface area contributed by atoms with Crippen LogP contribution in [-0.2, 0) is 0 Å². The van der Waals surface area contributed by atoms with E-state index in [1.165, 1.54) is 71.0 Å². The number of benzene rings is 4. The fraction of sp³-hybridized carbons (Fsp3) is 0. The summed E-state index contributed by atoms with van der Waals surface area (Å²) in [6.45, 7) is 0. The van der Waals surface area contributed by atoms with Crippen LogP contribution in [0.2, 0.25) is 0 Å². The van der Waals surface area contributed by atoms with Gasteiger partial charge < -0.3 is 0 Å². The zero-order chi connectivity index (χ0) is 28.8. The summed E-state index contributed by atoms with van der Waals surface area (Å²) in [6.07, 6.45) is 0. The van der Waals surface area contributed by atoms with E-state index in [1.54, 1.807) is 45.3 Å². The summed E-state index contributed by atoms with van der Waals surface area (Å²) >= 11 is 10.8. The Kier molecular flexibility index (Phi) is 5.73. The minimum Gasteiger partial charge on any atom is -0.235 e. The maximum atomic E-state index is 5.08. The molecule has 0 amide bonds. The molecule has 4 aromatic carbocycles. The molecule has 10 aromatic rings. The van der Waals surface area contributed by atoms with Crippen molar-refractivity contribution in [3.8, 4) is 40.7 Å². The largest absolute Gasteiger partial charge is 0.235 e. The van der Waals surface area contributed by atoms with Gasteiger partial charge in [-0.25, -0.2) is 9.97 Å². The van der Waals surface area contributed by atoms with Crippen molar-refractivity contribution in [2.75, 3.05) is 0 Å². The number of hydrogen-bond acceptors (Lipinski definition) is 8. The first kappa shape index (κ1) is 25.6. The summed E-state index contributed by atoms with van der Waals surface area (Å²) in [7, 11) is 0. The predicted octanol–water partition coefficient (Wildman–Crippen LogP) is 13.3. The number of fused-ring (bicyclic) bond motifs is 5. The van der Waals surface area contributed by atoms with Crippen LogP contribution in [-0.4, -0.2) is 9.97 Å². The summed E-state index contributed by atoms with van der Waals surface area (Å²) in [5.74, 6) is 0. The Morgan fingerprint density at radius 3 is 1.34 bits per heavy atom. The molecule has 8 heteroatoms. The van der Waals surface area contributed by atoms with E-state index < -0.39 is 0 Å². The third-order valence-corrected chi connectivity index (χ3v) is 14.4. The van der Waals surface area contributed by atoms with E-state index in [0.717, 1.165) is 21.0 Å². The van der Waals surface area contributed by atoms with Gasteiger partial charge in [0.15, 0.2) is 0 Å². The Morgan fingerprint density at radius 1 is 0.364 bits per heavy atom. The van der Waals surface area contributed by atoms with E-state index in [4.69, 9.17) is 9.97 Å². The van der Waals surface area contributed by atoms with Gasteiger partial charge >= 0.3 is 0 Å². The van der Waals surface area contributed by atoms with E-state index in [2.05, 4.69) is 108 Å². The number of hydrogen-bond donors (Lipinski definition) is 0. The van der Waals surface area contributed by atoms with Gasteiger partial charge in [0.1, 0.15) is 10.0 Å². The summed E-state index contributed by atoms with van der Waals surface area (Å²) in [5, 5.41) is 11.5. The molecule has 0 fully saturated rings. The Bertz CT molecular complexity index is 2440. The van der Waals surface area contributed by atoms with Crippen LogP contribution in [0.4, 0.5) is 0 Å². The molecule has 208 valence electrons. The van der Waals surface area contributed by atoms with Crippen molar-refractivity contribution in [2.45, 2.75) is 0 Å². The van der Waals surface area contributed by atoms with Crippen LogP contribution < -0.4 is 0 Å². The average molecular weight is 671 g/mol. The Morgan fingerprint density at radius 2 is 0.841 bits per heavy atom. The molecule has 10 rings (SSSR count). The second-order valence-electron chi connectivity index (χ2n) is 10.7. The second kappa shape index (κ2) is 9.87. The lowest BCUT2D eigenvalue weighted by Crippen LogP contribution is -1.76. The topological polar surface area (TPSA) is 25.8 Å². The minimum atomic E-state index is 1.06. The molecule has 0 radical (unpaired) electrons. The van der Waals surface area contributed by atoms with E-state index >= 15 is 0 Å². The van der Waals surface area contributed by atoms with Crippen molar-refractivity contribution in [3.63, 3.8) is 0 Å². The lowest BCUT2D eigenvalue weighted by molar-refractivity contribution is 1.50.